The highest BCUT2D eigenvalue weighted by Gasteiger charge is 2.36. The van der Waals surface area contributed by atoms with Crippen molar-refractivity contribution in [3.05, 3.63) is 173 Å². The molecule has 0 heterocycles. The first-order chi connectivity index (χ1) is 21.9. The number of nitriles is 1. The average molecular weight is 582 g/mol. The lowest BCUT2D eigenvalue weighted by Gasteiger charge is -2.24. The van der Waals surface area contributed by atoms with Gasteiger partial charge in [0.2, 0.25) is 0 Å². The number of hydrogen-bond acceptors (Lipinski definition) is 3. The molecule has 7 rings (SSSR count). The van der Waals surface area contributed by atoms with Crippen molar-refractivity contribution in [2.75, 3.05) is 0 Å². The second-order valence-electron chi connectivity index (χ2n) is 12.3. The Balaban J connectivity index is 1.34. The molecule has 6 aromatic rings. The molecule has 0 aliphatic heterocycles. The lowest BCUT2D eigenvalue weighted by atomic mass is 9.81. The predicted molar refractivity (Wildman–Crippen MR) is 186 cm³/mol. The quantitative estimate of drug-likeness (QED) is 0.185. The molecular formula is C42H35N3. The van der Waals surface area contributed by atoms with E-state index in [0.29, 0.717) is 5.56 Å². The summed E-state index contributed by atoms with van der Waals surface area (Å²) in [7, 11) is 0. The van der Waals surface area contributed by atoms with Crippen LogP contribution in [0.2, 0.25) is 0 Å². The van der Waals surface area contributed by atoms with Crippen LogP contribution in [-0.2, 0) is 5.41 Å². The summed E-state index contributed by atoms with van der Waals surface area (Å²) in [5.74, 6) is 0. The molecule has 0 aromatic heterocycles. The fourth-order valence-corrected chi connectivity index (χ4v) is 6.79. The summed E-state index contributed by atoms with van der Waals surface area (Å²) in [5, 5.41) is 15.6. The summed E-state index contributed by atoms with van der Waals surface area (Å²) in [4.78, 5) is 0. The van der Waals surface area contributed by atoms with Crippen LogP contribution >= 0.6 is 0 Å². The highest BCUT2D eigenvalue weighted by Crippen LogP contribution is 2.51. The third kappa shape index (κ3) is 5.25. The highest BCUT2D eigenvalue weighted by atomic mass is 15.0. The standard InChI is InChI=1S/C42H35N3/c1-42(2)37-18-10-15-30(40(37)36-25-32-13-6-7-14-33(32)26-38(36)42)23-24-39(45-41(44)31-11-4-3-5-12-31)35-17-9-8-16-34(35)29-21-19-28(27-43)20-22-29/h3-26,39,41,45H,44H2,1-2H3/b24-23+. The molecule has 6 aromatic carbocycles. The summed E-state index contributed by atoms with van der Waals surface area (Å²) in [5.41, 5.74) is 18.1. The van der Waals surface area contributed by atoms with E-state index in [1.807, 2.05) is 42.5 Å². The van der Waals surface area contributed by atoms with E-state index >= 15 is 0 Å². The predicted octanol–water partition coefficient (Wildman–Crippen LogP) is 9.69. The zero-order valence-electron chi connectivity index (χ0n) is 25.5. The third-order valence-electron chi connectivity index (χ3n) is 9.21. The topological polar surface area (TPSA) is 61.8 Å². The SMILES string of the molecule is CC1(C)c2cc3ccccc3cc2-c2c(/C=C/C(NC(N)c3ccccc3)c3ccccc3-c3ccc(C#N)cc3)cccc21. The van der Waals surface area contributed by atoms with Crippen molar-refractivity contribution in [2.45, 2.75) is 31.5 Å². The molecule has 3 heteroatoms. The molecule has 2 atom stereocenters. The third-order valence-corrected chi connectivity index (χ3v) is 9.21. The van der Waals surface area contributed by atoms with Crippen molar-refractivity contribution < 1.29 is 0 Å². The summed E-state index contributed by atoms with van der Waals surface area (Å²) < 4.78 is 0. The molecule has 3 nitrogen and oxygen atoms in total. The maximum absolute atomic E-state index is 9.36. The Morgan fingerprint density at radius 2 is 1.40 bits per heavy atom. The van der Waals surface area contributed by atoms with E-state index < -0.39 is 0 Å². The molecule has 0 saturated carbocycles. The molecule has 0 fully saturated rings. The van der Waals surface area contributed by atoms with Gasteiger partial charge in [-0.25, -0.2) is 0 Å². The summed E-state index contributed by atoms with van der Waals surface area (Å²) in [6, 6.07) is 48.4. The Bertz CT molecular complexity index is 2080. The molecule has 0 bridgehead atoms. The molecule has 3 N–H and O–H groups in total. The Morgan fingerprint density at radius 1 is 0.711 bits per heavy atom. The van der Waals surface area contributed by atoms with Crippen molar-refractivity contribution in [3.63, 3.8) is 0 Å². The number of nitrogens with one attached hydrogen (secondary N) is 1. The van der Waals surface area contributed by atoms with E-state index in [-0.39, 0.29) is 17.6 Å². The van der Waals surface area contributed by atoms with Crippen LogP contribution in [0.5, 0.6) is 0 Å². The van der Waals surface area contributed by atoms with Gasteiger partial charge in [-0.15, -0.1) is 0 Å². The minimum Gasteiger partial charge on any atom is -0.312 e. The van der Waals surface area contributed by atoms with E-state index in [2.05, 4.69) is 128 Å². The first kappa shape index (κ1) is 28.5. The lowest BCUT2D eigenvalue weighted by molar-refractivity contribution is 0.510. The van der Waals surface area contributed by atoms with Crippen LogP contribution in [0.1, 0.15) is 59.4 Å². The smallest absolute Gasteiger partial charge is 0.0991 e. The lowest BCUT2D eigenvalue weighted by Crippen LogP contribution is -2.31. The van der Waals surface area contributed by atoms with Gasteiger partial charge in [-0.1, -0.05) is 135 Å². The fraction of sp³-hybridized carbons (Fsp3) is 0.119. The van der Waals surface area contributed by atoms with Crippen LogP contribution in [0.3, 0.4) is 0 Å². The summed E-state index contributed by atoms with van der Waals surface area (Å²) in [6.45, 7) is 4.66. The van der Waals surface area contributed by atoms with E-state index in [9.17, 15) is 5.26 Å². The second kappa shape index (κ2) is 11.7. The van der Waals surface area contributed by atoms with E-state index in [1.54, 1.807) is 0 Å². The molecule has 0 radical (unpaired) electrons. The van der Waals surface area contributed by atoms with Gasteiger partial charge in [0.1, 0.15) is 0 Å². The molecule has 1 aliphatic carbocycles. The van der Waals surface area contributed by atoms with Gasteiger partial charge in [0, 0.05) is 5.41 Å². The average Bonchev–Trinajstić information content (AvgIpc) is 3.31. The molecular weight excluding hydrogens is 546 g/mol. The monoisotopic (exact) mass is 581 g/mol. The first-order valence-electron chi connectivity index (χ1n) is 15.5. The minimum atomic E-state index is -0.373. The largest absolute Gasteiger partial charge is 0.312 e. The number of nitrogens with two attached hydrogens (primary N) is 1. The minimum absolute atomic E-state index is 0.103. The Kier molecular flexibility index (Phi) is 7.39. The fourth-order valence-electron chi connectivity index (χ4n) is 6.79. The van der Waals surface area contributed by atoms with Crippen LogP contribution in [0, 0.1) is 11.3 Å². The number of fused-ring (bicyclic) bond motifs is 4. The molecule has 1 aliphatic rings. The van der Waals surface area contributed by atoms with Gasteiger partial charge in [-0.3, -0.25) is 5.32 Å². The van der Waals surface area contributed by atoms with Crippen LogP contribution in [0.15, 0.2) is 140 Å². The van der Waals surface area contributed by atoms with Gasteiger partial charge in [-0.2, -0.15) is 5.26 Å². The van der Waals surface area contributed by atoms with Crippen LogP contribution in [-0.4, -0.2) is 0 Å². The van der Waals surface area contributed by atoms with Crippen molar-refractivity contribution >= 4 is 16.8 Å². The Morgan fingerprint density at radius 3 is 2.16 bits per heavy atom. The van der Waals surface area contributed by atoms with Gasteiger partial charge in [0.25, 0.3) is 0 Å². The highest BCUT2D eigenvalue weighted by molar-refractivity contribution is 5.96. The Hall–Kier alpha value is -5.27. The van der Waals surface area contributed by atoms with Crippen molar-refractivity contribution in [1.29, 1.82) is 5.26 Å². The molecule has 45 heavy (non-hydrogen) atoms. The van der Waals surface area contributed by atoms with Gasteiger partial charge in [0.15, 0.2) is 0 Å². The van der Waals surface area contributed by atoms with Crippen LogP contribution < -0.4 is 11.1 Å². The Labute approximate surface area is 265 Å². The summed E-state index contributed by atoms with van der Waals surface area (Å²) in [6.07, 6.45) is 4.12. The van der Waals surface area contributed by atoms with E-state index in [0.717, 1.165) is 22.3 Å². The van der Waals surface area contributed by atoms with Gasteiger partial charge in [-0.05, 0) is 85.1 Å². The normalized spacial score (nSPS) is 14.5. The first-order valence-corrected chi connectivity index (χ1v) is 15.5. The van der Waals surface area contributed by atoms with E-state index in [4.69, 9.17) is 5.73 Å². The van der Waals surface area contributed by atoms with Crippen molar-refractivity contribution in [3.8, 4) is 28.3 Å². The molecule has 0 saturated heterocycles. The molecule has 2 unspecified atom stereocenters. The number of benzene rings is 6. The maximum atomic E-state index is 9.36. The van der Waals surface area contributed by atoms with Crippen molar-refractivity contribution in [1.82, 2.24) is 5.32 Å². The summed E-state index contributed by atoms with van der Waals surface area (Å²) >= 11 is 0. The molecule has 0 amide bonds. The zero-order valence-corrected chi connectivity index (χ0v) is 25.5. The van der Waals surface area contributed by atoms with Crippen LogP contribution in [0.4, 0.5) is 0 Å². The number of rotatable bonds is 7. The van der Waals surface area contributed by atoms with Crippen LogP contribution in [0.25, 0.3) is 39.1 Å². The van der Waals surface area contributed by atoms with Gasteiger partial charge < -0.3 is 5.73 Å². The maximum Gasteiger partial charge on any atom is 0.0991 e. The second-order valence-corrected chi connectivity index (χ2v) is 12.3. The number of nitrogens with zero attached hydrogens (tertiary/aromatic N) is 1. The molecule has 218 valence electrons. The number of hydrogen-bond donors (Lipinski definition) is 2. The van der Waals surface area contributed by atoms with Crippen molar-refractivity contribution in [2.24, 2.45) is 5.73 Å². The van der Waals surface area contributed by atoms with Gasteiger partial charge in [0.05, 0.1) is 23.8 Å². The zero-order chi connectivity index (χ0) is 31.0. The molecule has 0 spiro atoms. The van der Waals surface area contributed by atoms with Gasteiger partial charge >= 0.3 is 0 Å². The van der Waals surface area contributed by atoms with E-state index in [1.165, 1.54) is 38.6 Å².